The average molecular weight is 180 g/mol. The predicted molar refractivity (Wildman–Crippen MR) is 42.9 cm³/mol. The molecule has 0 saturated heterocycles. The maximum absolute atomic E-state index is 10.5. The molecular weight excluding hydrogens is 176 g/mol. The van der Waals surface area contributed by atoms with Crippen LogP contribution in [0.2, 0.25) is 0 Å². The minimum Gasteiger partial charge on any atom is -0.393 e. The van der Waals surface area contributed by atoms with Gasteiger partial charge in [-0.2, -0.15) is 0 Å². The Morgan fingerprint density at radius 2 is 2.31 bits per heavy atom. The fraction of sp³-hybridized carbons (Fsp3) is 0. The van der Waals surface area contributed by atoms with Gasteiger partial charge in [0.1, 0.15) is 11.1 Å². The molecule has 0 aromatic carbocycles. The predicted octanol–water partition coefficient (Wildman–Crippen LogP) is 0.713. The van der Waals surface area contributed by atoms with E-state index in [-0.39, 0.29) is 22.5 Å². The van der Waals surface area contributed by atoms with Gasteiger partial charge in [0.2, 0.25) is 5.58 Å². The summed E-state index contributed by atoms with van der Waals surface area (Å²) < 4.78 is 4.72. The number of pyridine rings is 1. The highest BCUT2D eigenvalue weighted by atomic mass is 16.6. The number of hydrogen-bond donors (Lipinski definition) is 1. The van der Waals surface area contributed by atoms with E-state index in [4.69, 9.17) is 10.3 Å². The maximum atomic E-state index is 10.5. The Hall–Kier alpha value is -2.18. The van der Waals surface area contributed by atoms with Crippen LogP contribution in [0.4, 0.5) is 11.5 Å². The zero-order valence-electron chi connectivity index (χ0n) is 6.30. The number of hydrogen-bond acceptors (Lipinski definition) is 6. The highest BCUT2D eigenvalue weighted by Crippen LogP contribution is 2.26. The van der Waals surface area contributed by atoms with Crippen molar-refractivity contribution in [3.63, 3.8) is 0 Å². The second-order valence-electron chi connectivity index (χ2n) is 2.36. The van der Waals surface area contributed by atoms with E-state index >= 15 is 0 Å². The normalized spacial score (nSPS) is 10.5. The minimum absolute atomic E-state index is 0.196. The Morgan fingerprint density at radius 3 is 3.00 bits per heavy atom. The molecule has 2 N–H and O–H groups in total. The van der Waals surface area contributed by atoms with Gasteiger partial charge in [0, 0.05) is 0 Å². The molecule has 7 heteroatoms. The number of nitrogen functional groups attached to an aromatic ring is 1. The highest BCUT2D eigenvalue weighted by molar-refractivity contribution is 5.91. The standard InChI is InChI=1S/C6H4N4O3/c7-4-2-8-6(10(11)12)3-1-9-13-5(3)4/h1-2H,7H2. The van der Waals surface area contributed by atoms with Crippen molar-refractivity contribution < 1.29 is 9.45 Å². The Morgan fingerprint density at radius 1 is 1.54 bits per heavy atom. The van der Waals surface area contributed by atoms with E-state index in [1.165, 1.54) is 12.4 Å². The summed E-state index contributed by atoms with van der Waals surface area (Å²) in [6.07, 6.45) is 2.39. The molecule has 2 aromatic heterocycles. The molecule has 0 unspecified atom stereocenters. The van der Waals surface area contributed by atoms with E-state index < -0.39 is 4.92 Å². The van der Waals surface area contributed by atoms with Gasteiger partial charge in [-0.05, 0) is 9.91 Å². The molecule has 0 aliphatic rings. The van der Waals surface area contributed by atoms with Crippen molar-refractivity contribution in [3.8, 4) is 0 Å². The van der Waals surface area contributed by atoms with Crippen molar-refractivity contribution in [3.05, 3.63) is 22.5 Å². The van der Waals surface area contributed by atoms with Gasteiger partial charge in [-0.15, -0.1) is 0 Å². The molecule has 0 spiro atoms. The van der Waals surface area contributed by atoms with E-state index in [1.54, 1.807) is 0 Å². The lowest BCUT2D eigenvalue weighted by molar-refractivity contribution is -0.387. The van der Waals surface area contributed by atoms with Crippen LogP contribution in [-0.4, -0.2) is 15.1 Å². The highest BCUT2D eigenvalue weighted by Gasteiger charge is 2.18. The van der Waals surface area contributed by atoms with Crippen LogP contribution < -0.4 is 5.73 Å². The monoisotopic (exact) mass is 180 g/mol. The molecule has 13 heavy (non-hydrogen) atoms. The van der Waals surface area contributed by atoms with Crippen molar-refractivity contribution in [1.82, 2.24) is 10.1 Å². The molecule has 0 bridgehead atoms. The minimum atomic E-state index is -0.612. The summed E-state index contributed by atoms with van der Waals surface area (Å²) >= 11 is 0. The van der Waals surface area contributed by atoms with E-state index in [0.29, 0.717) is 0 Å². The summed E-state index contributed by atoms with van der Waals surface area (Å²) in [6, 6.07) is 0. The van der Waals surface area contributed by atoms with E-state index in [2.05, 4.69) is 10.1 Å². The molecule has 66 valence electrons. The van der Waals surface area contributed by atoms with Gasteiger partial charge < -0.3 is 20.4 Å². The van der Waals surface area contributed by atoms with Crippen molar-refractivity contribution in [2.24, 2.45) is 0 Å². The molecular formula is C6H4N4O3. The Balaban J connectivity index is 2.86. The summed E-state index contributed by atoms with van der Waals surface area (Å²) in [5, 5.41) is 14.1. The SMILES string of the molecule is Nc1cnc([N+](=O)[O-])c2cnoc12. The number of anilines is 1. The van der Waals surface area contributed by atoms with Crippen molar-refractivity contribution in [2.75, 3.05) is 5.73 Å². The lowest BCUT2D eigenvalue weighted by Gasteiger charge is -1.92. The quantitative estimate of drug-likeness (QED) is 0.511. The Bertz CT molecular complexity index is 478. The first-order valence-corrected chi connectivity index (χ1v) is 3.33. The van der Waals surface area contributed by atoms with Crippen LogP contribution >= 0.6 is 0 Å². The molecule has 2 rings (SSSR count). The summed E-state index contributed by atoms with van der Waals surface area (Å²) in [4.78, 5) is 13.4. The van der Waals surface area contributed by atoms with E-state index in [9.17, 15) is 10.1 Å². The Labute approximate surface area is 71.3 Å². The van der Waals surface area contributed by atoms with Gasteiger partial charge >= 0.3 is 5.82 Å². The van der Waals surface area contributed by atoms with Gasteiger partial charge in [0.25, 0.3) is 0 Å². The second kappa shape index (κ2) is 2.41. The van der Waals surface area contributed by atoms with Gasteiger partial charge in [-0.3, -0.25) is 0 Å². The number of nitrogens with two attached hydrogens (primary N) is 1. The van der Waals surface area contributed by atoms with Gasteiger partial charge in [0.15, 0.2) is 6.20 Å². The van der Waals surface area contributed by atoms with Crippen molar-refractivity contribution in [1.29, 1.82) is 0 Å². The first-order valence-electron chi connectivity index (χ1n) is 3.33. The van der Waals surface area contributed by atoms with E-state index in [0.717, 1.165) is 0 Å². The first kappa shape index (κ1) is 7.47. The zero-order valence-corrected chi connectivity index (χ0v) is 6.30. The summed E-state index contributed by atoms with van der Waals surface area (Å²) in [6.45, 7) is 0. The molecule has 0 amide bonds. The zero-order chi connectivity index (χ0) is 9.42. The number of nitro groups is 1. The molecule has 0 saturated carbocycles. The van der Waals surface area contributed by atoms with Crippen molar-refractivity contribution >= 4 is 22.5 Å². The molecule has 2 heterocycles. The third-order valence-electron chi connectivity index (χ3n) is 1.57. The van der Waals surface area contributed by atoms with Crippen LogP contribution in [0.1, 0.15) is 0 Å². The largest absolute Gasteiger partial charge is 0.393 e. The van der Waals surface area contributed by atoms with Gasteiger partial charge in [0.05, 0.1) is 6.20 Å². The number of fused-ring (bicyclic) bond motifs is 1. The molecule has 2 aromatic rings. The molecule has 7 nitrogen and oxygen atoms in total. The van der Waals surface area contributed by atoms with Gasteiger partial charge in [-0.1, -0.05) is 5.16 Å². The average Bonchev–Trinajstić information content (AvgIpc) is 2.53. The molecule has 0 fully saturated rings. The van der Waals surface area contributed by atoms with Crippen LogP contribution in [0, 0.1) is 10.1 Å². The molecule has 0 aliphatic carbocycles. The van der Waals surface area contributed by atoms with Crippen LogP contribution in [0.25, 0.3) is 11.0 Å². The third kappa shape index (κ3) is 0.975. The number of rotatable bonds is 1. The topological polar surface area (TPSA) is 108 Å². The summed E-state index contributed by atoms with van der Waals surface area (Å²) in [7, 11) is 0. The number of aromatic nitrogens is 2. The number of nitrogens with zero attached hydrogens (tertiary/aromatic N) is 3. The lowest BCUT2D eigenvalue weighted by atomic mass is 10.3. The second-order valence-corrected chi connectivity index (χ2v) is 2.36. The van der Waals surface area contributed by atoms with Crippen LogP contribution in [0.15, 0.2) is 16.9 Å². The summed E-state index contributed by atoms with van der Waals surface area (Å²) in [5.74, 6) is -0.301. The maximum Gasteiger partial charge on any atom is 0.376 e. The summed E-state index contributed by atoms with van der Waals surface area (Å²) in [5.41, 5.74) is 5.88. The van der Waals surface area contributed by atoms with Crippen LogP contribution in [0.3, 0.4) is 0 Å². The smallest absolute Gasteiger partial charge is 0.376 e. The fourth-order valence-corrected chi connectivity index (χ4v) is 1.01. The lowest BCUT2D eigenvalue weighted by Crippen LogP contribution is -1.94. The van der Waals surface area contributed by atoms with Gasteiger partial charge in [-0.25, -0.2) is 0 Å². The Kier molecular flexibility index (Phi) is 1.38. The van der Waals surface area contributed by atoms with Crippen LogP contribution in [-0.2, 0) is 0 Å². The van der Waals surface area contributed by atoms with Crippen molar-refractivity contribution in [2.45, 2.75) is 0 Å². The fourth-order valence-electron chi connectivity index (χ4n) is 1.01. The third-order valence-corrected chi connectivity index (χ3v) is 1.57. The molecule has 0 radical (unpaired) electrons. The molecule has 0 atom stereocenters. The first-order chi connectivity index (χ1) is 6.20. The van der Waals surface area contributed by atoms with Crippen LogP contribution in [0.5, 0.6) is 0 Å². The van der Waals surface area contributed by atoms with E-state index in [1.807, 2.05) is 0 Å². The molecule has 0 aliphatic heterocycles.